The van der Waals surface area contributed by atoms with E-state index in [4.69, 9.17) is 9.47 Å². The molecule has 3 aromatic rings. The first kappa shape index (κ1) is 13.7. The number of nitrogens with one attached hydrogen (secondary N) is 1. The molecule has 0 radical (unpaired) electrons. The van der Waals surface area contributed by atoms with E-state index in [0.29, 0.717) is 0 Å². The molecule has 5 heteroatoms. The maximum atomic E-state index is 5.40. The SMILES string of the molecule is COc1ccc(OC)c(Nc2nc(C)cc3sccc23)c1. The van der Waals surface area contributed by atoms with Gasteiger partial charge in [0, 0.05) is 21.8 Å². The summed E-state index contributed by atoms with van der Waals surface area (Å²) in [5, 5.41) is 6.53. The Hall–Kier alpha value is -2.27. The number of aromatic nitrogens is 1. The van der Waals surface area contributed by atoms with Gasteiger partial charge in [-0.1, -0.05) is 0 Å². The third-order valence-electron chi connectivity index (χ3n) is 3.24. The van der Waals surface area contributed by atoms with Crippen molar-refractivity contribution in [3.63, 3.8) is 0 Å². The maximum absolute atomic E-state index is 5.40. The lowest BCUT2D eigenvalue weighted by molar-refractivity contribution is 0.405. The molecule has 1 aromatic carbocycles. The molecule has 0 bridgehead atoms. The summed E-state index contributed by atoms with van der Waals surface area (Å²) in [6.07, 6.45) is 0. The largest absolute Gasteiger partial charge is 0.497 e. The minimum absolute atomic E-state index is 0.752. The van der Waals surface area contributed by atoms with Crippen molar-refractivity contribution in [1.29, 1.82) is 0 Å². The number of anilines is 2. The normalized spacial score (nSPS) is 10.6. The lowest BCUT2D eigenvalue weighted by Crippen LogP contribution is -1.98. The molecule has 1 N–H and O–H groups in total. The monoisotopic (exact) mass is 300 g/mol. The highest BCUT2D eigenvalue weighted by atomic mass is 32.1. The van der Waals surface area contributed by atoms with E-state index in [1.807, 2.05) is 25.1 Å². The van der Waals surface area contributed by atoms with Gasteiger partial charge < -0.3 is 14.8 Å². The average molecular weight is 300 g/mol. The molecule has 0 saturated carbocycles. The first-order valence-corrected chi connectivity index (χ1v) is 7.43. The van der Waals surface area contributed by atoms with Gasteiger partial charge in [-0.2, -0.15) is 0 Å². The van der Waals surface area contributed by atoms with Gasteiger partial charge in [0.05, 0.1) is 19.9 Å². The number of methoxy groups -OCH3 is 2. The van der Waals surface area contributed by atoms with Crippen molar-refractivity contribution in [1.82, 2.24) is 4.98 Å². The topological polar surface area (TPSA) is 43.4 Å². The van der Waals surface area contributed by atoms with Crippen LogP contribution < -0.4 is 14.8 Å². The molecule has 4 nitrogen and oxygen atoms in total. The number of hydrogen-bond donors (Lipinski definition) is 1. The predicted molar refractivity (Wildman–Crippen MR) is 87.2 cm³/mol. The van der Waals surface area contributed by atoms with Gasteiger partial charge in [-0.15, -0.1) is 11.3 Å². The molecule has 2 heterocycles. The van der Waals surface area contributed by atoms with Crippen LogP contribution in [0.4, 0.5) is 11.5 Å². The molecule has 0 aliphatic rings. The second-order valence-electron chi connectivity index (χ2n) is 4.64. The van der Waals surface area contributed by atoms with Gasteiger partial charge in [0.1, 0.15) is 17.3 Å². The fourth-order valence-electron chi connectivity index (χ4n) is 2.22. The summed E-state index contributed by atoms with van der Waals surface area (Å²) in [7, 11) is 3.30. The van der Waals surface area contributed by atoms with Crippen molar-refractivity contribution in [2.45, 2.75) is 6.92 Å². The van der Waals surface area contributed by atoms with Crippen LogP contribution in [0.3, 0.4) is 0 Å². The van der Waals surface area contributed by atoms with Crippen molar-refractivity contribution in [3.8, 4) is 11.5 Å². The maximum Gasteiger partial charge on any atom is 0.142 e. The molecule has 0 saturated heterocycles. The number of nitrogens with zero attached hydrogens (tertiary/aromatic N) is 1. The van der Waals surface area contributed by atoms with Gasteiger partial charge in [0.25, 0.3) is 0 Å². The lowest BCUT2D eigenvalue weighted by atomic mass is 10.2. The van der Waals surface area contributed by atoms with Gasteiger partial charge in [-0.05, 0) is 36.6 Å². The summed E-state index contributed by atoms with van der Waals surface area (Å²) in [4.78, 5) is 4.60. The Morgan fingerprint density at radius 2 is 1.95 bits per heavy atom. The summed E-state index contributed by atoms with van der Waals surface area (Å²) in [5.41, 5.74) is 1.82. The van der Waals surface area contributed by atoms with E-state index in [-0.39, 0.29) is 0 Å². The van der Waals surface area contributed by atoms with Gasteiger partial charge in [0.15, 0.2) is 0 Å². The Labute approximate surface area is 127 Å². The Kier molecular flexibility index (Phi) is 3.66. The van der Waals surface area contributed by atoms with E-state index in [2.05, 4.69) is 27.8 Å². The van der Waals surface area contributed by atoms with Gasteiger partial charge in [-0.25, -0.2) is 4.98 Å². The number of hydrogen-bond acceptors (Lipinski definition) is 5. The molecule has 3 rings (SSSR count). The molecule has 0 fully saturated rings. The Morgan fingerprint density at radius 1 is 1.10 bits per heavy atom. The number of benzene rings is 1. The summed E-state index contributed by atoms with van der Waals surface area (Å²) in [5.74, 6) is 2.35. The Morgan fingerprint density at radius 3 is 2.71 bits per heavy atom. The number of ether oxygens (including phenoxy) is 2. The number of aryl methyl sites for hydroxylation is 1. The number of pyridine rings is 1. The third kappa shape index (κ3) is 2.64. The van der Waals surface area contributed by atoms with E-state index >= 15 is 0 Å². The molecular weight excluding hydrogens is 284 g/mol. The second-order valence-corrected chi connectivity index (χ2v) is 5.58. The Balaban J connectivity index is 2.07. The van der Waals surface area contributed by atoms with Crippen LogP contribution in [-0.2, 0) is 0 Å². The number of thiophene rings is 1. The van der Waals surface area contributed by atoms with Crippen LogP contribution in [0.25, 0.3) is 10.1 Å². The summed E-state index contributed by atoms with van der Waals surface area (Å²) in [6, 6.07) is 9.81. The van der Waals surface area contributed by atoms with Crippen LogP contribution in [0.2, 0.25) is 0 Å². The highest BCUT2D eigenvalue weighted by Crippen LogP contribution is 2.34. The van der Waals surface area contributed by atoms with Crippen LogP contribution >= 0.6 is 11.3 Å². The zero-order valence-electron chi connectivity index (χ0n) is 12.1. The number of fused-ring (bicyclic) bond motifs is 1. The zero-order valence-corrected chi connectivity index (χ0v) is 13.0. The van der Waals surface area contributed by atoms with Crippen LogP contribution in [-0.4, -0.2) is 19.2 Å². The minimum Gasteiger partial charge on any atom is -0.497 e. The number of rotatable bonds is 4. The molecule has 0 amide bonds. The van der Waals surface area contributed by atoms with Crippen molar-refractivity contribution < 1.29 is 9.47 Å². The molecule has 0 aliphatic heterocycles. The highest BCUT2D eigenvalue weighted by molar-refractivity contribution is 7.17. The zero-order chi connectivity index (χ0) is 14.8. The smallest absolute Gasteiger partial charge is 0.142 e. The van der Waals surface area contributed by atoms with Gasteiger partial charge in [0.2, 0.25) is 0 Å². The van der Waals surface area contributed by atoms with Crippen LogP contribution in [0.5, 0.6) is 11.5 Å². The van der Waals surface area contributed by atoms with E-state index in [9.17, 15) is 0 Å². The molecule has 21 heavy (non-hydrogen) atoms. The Bertz CT molecular complexity index is 783. The molecule has 0 unspecified atom stereocenters. The molecule has 2 aromatic heterocycles. The average Bonchev–Trinajstić information content (AvgIpc) is 2.95. The standard InChI is InChI=1S/C16H16N2O2S/c1-10-8-15-12(6-7-21-15)16(17-10)18-13-9-11(19-2)4-5-14(13)20-3/h4-9H,1-3H3,(H,17,18). The second kappa shape index (κ2) is 5.61. The first-order valence-electron chi connectivity index (χ1n) is 6.55. The quantitative estimate of drug-likeness (QED) is 0.777. The minimum atomic E-state index is 0.752. The molecule has 0 aliphatic carbocycles. The van der Waals surface area contributed by atoms with E-state index in [1.165, 1.54) is 4.70 Å². The highest BCUT2D eigenvalue weighted by Gasteiger charge is 2.10. The molecule has 0 atom stereocenters. The fraction of sp³-hybridized carbons (Fsp3) is 0.188. The van der Waals surface area contributed by atoms with Crippen molar-refractivity contribution >= 4 is 32.9 Å². The van der Waals surface area contributed by atoms with Crippen molar-refractivity contribution in [2.75, 3.05) is 19.5 Å². The van der Waals surface area contributed by atoms with Crippen LogP contribution in [0.15, 0.2) is 35.7 Å². The van der Waals surface area contributed by atoms with Crippen LogP contribution in [0, 0.1) is 6.92 Å². The predicted octanol–water partition coefficient (Wildman–Crippen LogP) is 4.37. The third-order valence-corrected chi connectivity index (χ3v) is 4.10. The van der Waals surface area contributed by atoms with E-state index in [1.54, 1.807) is 25.6 Å². The van der Waals surface area contributed by atoms with Crippen molar-refractivity contribution in [3.05, 3.63) is 41.4 Å². The summed E-state index contributed by atoms with van der Waals surface area (Å²) >= 11 is 1.71. The van der Waals surface area contributed by atoms with Gasteiger partial charge in [-0.3, -0.25) is 0 Å². The molecule has 108 valence electrons. The van der Waals surface area contributed by atoms with E-state index < -0.39 is 0 Å². The molecule has 0 spiro atoms. The van der Waals surface area contributed by atoms with Crippen LogP contribution in [0.1, 0.15) is 5.69 Å². The lowest BCUT2D eigenvalue weighted by Gasteiger charge is -2.13. The van der Waals surface area contributed by atoms with Gasteiger partial charge >= 0.3 is 0 Å². The first-order chi connectivity index (χ1) is 10.2. The summed E-state index contributed by atoms with van der Waals surface area (Å²) in [6.45, 7) is 1.99. The summed E-state index contributed by atoms with van der Waals surface area (Å²) < 4.78 is 11.9. The van der Waals surface area contributed by atoms with E-state index in [0.717, 1.165) is 34.1 Å². The van der Waals surface area contributed by atoms with Crippen molar-refractivity contribution in [2.24, 2.45) is 0 Å². The fourth-order valence-corrected chi connectivity index (χ4v) is 3.10. The molecular formula is C16H16N2O2S.